The van der Waals surface area contributed by atoms with Crippen molar-refractivity contribution >= 4 is 41.3 Å². The van der Waals surface area contributed by atoms with Gasteiger partial charge in [-0.3, -0.25) is 9.89 Å². The number of guanidine groups is 1. The monoisotopic (exact) mass is 519 g/mol. The minimum atomic E-state index is 0. The average molecular weight is 520 g/mol. The van der Waals surface area contributed by atoms with Gasteiger partial charge in [-0.1, -0.05) is 13.8 Å². The molecule has 5 nitrogen and oxygen atoms in total. The van der Waals surface area contributed by atoms with E-state index in [2.05, 4.69) is 53.2 Å². The van der Waals surface area contributed by atoms with Crippen molar-refractivity contribution in [3.8, 4) is 0 Å². The highest BCUT2D eigenvalue weighted by molar-refractivity contribution is 14.0. The number of aromatic nitrogens is 1. The molecule has 2 saturated heterocycles. The fourth-order valence-corrected chi connectivity index (χ4v) is 5.12. The Labute approximate surface area is 192 Å². The van der Waals surface area contributed by atoms with Crippen molar-refractivity contribution in [3.05, 3.63) is 16.1 Å². The molecule has 2 aliphatic rings. The molecule has 7 heteroatoms. The zero-order valence-corrected chi connectivity index (χ0v) is 21.1. The Morgan fingerprint density at radius 2 is 1.93 bits per heavy atom. The summed E-state index contributed by atoms with van der Waals surface area (Å²) in [6.07, 6.45) is 3.84. The fourth-order valence-electron chi connectivity index (χ4n) is 4.51. The molecule has 2 atom stereocenters. The van der Waals surface area contributed by atoms with Crippen LogP contribution < -0.4 is 5.32 Å². The van der Waals surface area contributed by atoms with Crippen LogP contribution in [0.2, 0.25) is 0 Å². The lowest BCUT2D eigenvalue weighted by Gasteiger charge is -2.37. The molecule has 160 valence electrons. The van der Waals surface area contributed by atoms with Crippen LogP contribution in [-0.4, -0.2) is 60.0 Å². The van der Waals surface area contributed by atoms with Crippen LogP contribution in [-0.2, 0) is 6.54 Å². The predicted molar refractivity (Wildman–Crippen MR) is 131 cm³/mol. The van der Waals surface area contributed by atoms with Gasteiger partial charge in [-0.05, 0) is 64.0 Å². The third-order valence-corrected chi connectivity index (χ3v) is 6.58. The molecule has 0 aromatic carbocycles. The molecule has 1 aromatic heterocycles. The number of nitrogens with one attached hydrogen (secondary N) is 1. The number of rotatable bonds is 5. The largest absolute Gasteiger partial charge is 0.357 e. The third-order valence-electron chi connectivity index (χ3n) is 5.76. The standard InChI is InChI=1S/C21H37N5S.HI/c1-5-22-21(26-12-16(2)10-17(3)13-26)23-11-19-6-8-25(9-7-19)14-20-15-27-18(4)24-20;/h15-17,19H,5-14H2,1-4H3,(H,22,23);1H. The van der Waals surface area contributed by atoms with Gasteiger partial charge in [0.2, 0.25) is 0 Å². The number of thiazole rings is 1. The molecule has 0 radical (unpaired) electrons. The van der Waals surface area contributed by atoms with Crippen LogP contribution in [0.5, 0.6) is 0 Å². The summed E-state index contributed by atoms with van der Waals surface area (Å²) in [5, 5.41) is 6.91. The van der Waals surface area contributed by atoms with Gasteiger partial charge in [0.1, 0.15) is 0 Å². The summed E-state index contributed by atoms with van der Waals surface area (Å²) in [5.74, 6) is 3.37. The number of likely N-dealkylation sites (tertiary alicyclic amines) is 2. The molecule has 0 aliphatic carbocycles. The number of aliphatic imine (C=N–C) groups is 1. The van der Waals surface area contributed by atoms with Crippen molar-refractivity contribution in [3.63, 3.8) is 0 Å². The molecule has 3 heterocycles. The van der Waals surface area contributed by atoms with Gasteiger partial charge in [0.05, 0.1) is 10.7 Å². The fraction of sp³-hybridized carbons (Fsp3) is 0.810. The number of halogens is 1. The molecule has 0 amide bonds. The van der Waals surface area contributed by atoms with Crippen molar-refractivity contribution in [2.24, 2.45) is 22.7 Å². The average Bonchev–Trinajstić information content (AvgIpc) is 3.04. The Hall–Kier alpha value is -0.410. The smallest absolute Gasteiger partial charge is 0.193 e. The highest BCUT2D eigenvalue weighted by Gasteiger charge is 2.25. The maximum Gasteiger partial charge on any atom is 0.193 e. The van der Waals surface area contributed by atoms with Gasteiger partial charge in [0.15, 0.2) is 5.96 Å². The molecule has 1 N–H and O–H groups in total. The summed E-state index contributed by atoms with van der Waals surface area (Å²) in [6, 6.07) is 0. The molecule has 2 aliphatic heterocycles. The quantitative estimate of drug-likeness (QED) is 0.360. The molecule has 28 heavy (non-hydrogen) atoms. The lowest BCUT2D eigenvalue weighted by molar-refractivity contribution is 0.178. The van der Waals surface area contributed by atoms with Crippen LogP contribution in [0.25, 0.3) is 0 Å². The minimum absolute atomic E-state index is 0. The first kappa shape index (κ1) is 23.9. The van der Waals surface area contributed by atoms with E-state index in [1.165, 1.54) is 43.1 Å². The van der Waals surface area contributed by atoms with Crippen LogP contribution in [0, 0.1) is 24.7 Å². The van der Waals surface area contributed by atoms with E-state index in [1.807, 2.05) is 0 Å². The van der Waals surface area contributed by atoms with Crippen molar-refractivity contribution in [2.75, 3.05) is 39.3 Å². The van der Waals surface area contributed by atoms with Crippen LogP contribution in [0.3, 0.4) is 0 Å². The van der Waals surface area contributed by atoms with Gasteiger partial charge >= 0.3 is 0 Å². The Bertz CT molecular complexity index is 602. The van der Waals surface area contributed by atoms with Crippen LogP contribution in [0.4, 0.5) is 0 Å². The topological polar surface area (TPSA) is 43.8 Å². The molecular formula is C21H38IN5S. The minimum Gasteiger partial charge on any atom is -0.357 e. The van der Waals surface area contributed by atoms with E-state index >= 15 is 0 Å². The second kappa shape index (κ2) is 11.7. The zero-order valence-electron chi connectivity index (χ0n) is 18.0. The molecule has 1 aromatic rings. The van der Waals surface area contributed by atoms with Gasteiger partial charge < -0.3 is 10.2 Å². The Morgan fingerprint density at radius 1 is 1.25 bits per heavy atom. The summed E-state index contributed by atoms with van der Waals surface area (Å²) in [4.78, 5) is 14.7. The van der Waals surface area contributed by atoms with E-state index in [9.17, 15) is 0 Å². The zero-order chi connectivity index (χ0) is 19.2. The summed E-state index contributed by atoms with van der Waals surface area (Å²) in [6.45, 7) is 16.5. The van der Waals surface area contributed by atoms with Gasteiger partial charge in [0.25, 0.3) is 0 Å². The van der Waals surface area contributed by atoms with Crippen molar-refractivity contribution in [1.82, 2.24) is 20.1 Å². The Balaban J connectivity index is 0.00000280. The molecule has 0 saturated carbocycles. The third kappa shape index (κ3) is 7.13. The number of hydrogen-bond donors (Lipinski definition) is 1. The normalized spacial score (nSPS) is 24.9. The SMILES string of the molecule is CCNC(=NCC1CCN(Cc2csc(C)n2)CC1)N1CC(C)CC(C)C1.I. The second-order valence-electron chi connectivity index (χ2n) is 8.62. The molecule has 0 spiro atoms. The molecule has 3 rings (SSSR count). The molecular weight excluding hydrogens is 481 g/mol. The van der Waals surface area contributed by atoms with E-state index < -0.39 is 0 Å². The summed E-state index contributed by atoms with van der Waals surface area (Å²) >= 11 is 1.76. The van der Waals surface area contributed by atoms with E-state index in [1.54, 1.807) is 11.3 Å². The first-order valence-corrected chi connectivity index (χ1v) is 11.6. The molecule has 2 unspecified atom stereocenters. The van der Waals surface area contributed by atoms with E-state index in [0.29, 0.717) is 5.92 Å². The van der Waals surface area contributed by atoms with Gasteiger partial charge in [0, 0.05) is 38.1 Å². The van der Waals surface area contributed by atoms with Crippen molar-refractivity contribution in [1.29, 1.82) is 0 Å². The first-order valence-electron chi connectivity index (χ1n) is 10.7. The van der Waals surface area contributed by atoms with E-state index in [0.717, 1.165) is 50.5 Å². The molecule has 2 fully saturated rings. The van der Waals surface area contributed by atoms with Gasteiger partial charge in [-0.25, -0.2) is 4.98 Å². The summed E-state index contributed by atoms with van der Waals surface area (Å²) in [7, 11) is 0. The van der Waals surface area contributed by atoms with E-state index in [-0.39, 0.29) is 24.0 Å². The summed E-state index contributed by atoms with van der Waals surface area (Å²) in [5.41, 5.74) is 1.23. The number of nitrogens with zero attached hydrogens (tertiary/aromatic N) is 4. The predicted octanol–water partition coefficient (Wildman–Crippen LogP) is 4.22. The second-order valence-corrected chi connectivity index (χ2v) is 9.69. The number of piperidine rings is 2. The Kier molecular flexibility index (Phi) is 9.97. The first-order chi connectivity index (χ1) is 13.0. The lowest BCUT2D eigenvalue weighted by atomic mass is 9.92. The van der Waals surface area contributed by atoms with E-state index in [4.69, 9.17) is 4.99 Å². The lowest BCUT2D eigenvalue weighted by Crippen LogP contribution is -2.48. The van der Waals surface area contributed by atoms with Gasteiger partial charge in [-0.2, -0.15) is 0 Å². The number of aryl methyl sites for hydroxylation is 1. The maximum absolute atomic E-state index is 5.04. The van der Waals surface area contributed by atoms with Crippen molar-refractivity contribution in [2.45, 2.75) is 53.5 Å². The molecule has 0 bridgehead atoms. The van der Waals surface area contributed by atoms with Crippen molar-refractivity contribution < 1.29 is 0 Å². The highest BCUT2D eigenvalue weighted by atomic mass is 127. The van der Waals surface area contributed by atoms with Crippen LogP contribution >= 0.6 is 35.3 Å². The number of hydrogen-bond acceptors (Lipinski definition) is 4. The maximum atomic E-state index is 5.04. The Morgan fingerprint density at radius 3 is 2.50 bits per heavy atom. The summed E-state index contributed by atoms with van der Waals surface area (Å²) < 4.78 is 0. The van der Waals surface area contributed by atoms with Crippen LogP contribution in [0.1, 0.15) is 50.7 Å². The highest BCUT2D eigenvalue weighted by Crippen LogP contribution is 2.22. The van der Waals surface area contributed by atoms with Gasteiger partial charge in [-0.15, -0.1) is 35.3 Å². The van der Waals surface area contributed by atoms with Crippen LogP contribution in [0.15, 0.2) is 10.4 Å².